The standard InChI is InChI=1S/C37H34F2N4O7/c1-46-32-16-27-29(17-33(32)48-13-2-11-40-18-22-20-47-21-22)41-12-9-30(27)50-31-8-5-25(15-28(31)39)42-36(44)34-35-23(10-14-49-35)19-43(37(34)45)26-6-3-24(38)4-7-26/h3-9,12,15-17,19,22,40H,2,10-11,13-14,18,20-21H2,1H3,(H,42,44). The van der Waals surface area contributed by atoms with Gasteiger partial charge in [-0.1, -0.05) is 0 Å². The molecule has 3 aromatic carbocycles. The highest BCUT2D eigenvalue weighted by molar-refractivity contribution is 6.06. The summed E-state index contributed by atoms with van der Waals surface area (Å²) in [6, 6.07) is 14.4. The van der Waals surface area contributed by atoms with E-state index in [9.17, 15) is 14.0 Å². The number of fused-ring (bicyclic) bond motifs is 2. The van der Waals surface area contributed by atoms with Crippen LogP contribution in [0, 0.1) is 17.6 Å². The largest absolute Gasteiger partial charge is 0.493 e. The number of amides is 1. The maximum atomic E-state index is 15.4. The summed E-state index contributed by atoms with van der Waals surface area (Å²) in [4.78, 5) is 31.4. The van der Waals surface area contributed by atoms with Gasteiger partial charge in [0.15, 0.2) is 23.1 Å². The van der Waals surface area contributed by atoms with Crippen LogP contribution in [0.3, 0.4) is 0 Å². The predicted octanol–water partition coefficient (Wildman–Crippen LogP) is 5.66. The summed E-state index contributed by atoms with van der Waals surface area (Å²) in [7, 11) is 1.54. The topological polar surface area (TPSA) is 122 Å². The molecular formula is C37H34F2N4O7. The fourth-order valence-corrected chi connectivity index (χ4v) is 5.80. The summed E-state index contributed by atoms with van der Waals surface area (Å²) >= 11 is 0. The summed E-state index contributed by atoms with van der Waals surface area (Å²) in [5.74, 6) is 0.00688. The Balaban J connectivity index is 1.06. The second-order valence-electron chi connectivity index (χ2n) is 11.9. The van der Waals surface area contributed by atoms with Crippen molar-refractivity contribution in [3.63, 3.8) is 0 Å². The van der Waals surface area contributed by atoms with E-state index in [1.165, 1.54) is 48.1 Å². The minimum absolute atomic E-state index is 0.0958. The van der Waals surface area contributed by atoms with Crippen LogP contribution in [0.2, 0.25) is 0 Å². The van der Waals surface area contributed by atoms with Crippen molar-refractivity contribution in [2.45, 2.75) is 12.8 Å². The SMILES string of the molecule is COc1cc2c(Oc3ccc(NC(=O)c4c5c(cn(-c6ccc(F)cc6)c4=O)CCO5)cc3F)ccnc2cc1OCCCNCC1COC1. The van der Waals surface area contributed by atoms with Crippen LogP contribution >= 0.6 is 0 Å². The Morgan fingerprint density at radius 1 is 1.02 bits per heavy atom. The Bertz CT molecular complexity index is 2100. The fraction of sp³-hybridized carbons (Fsp3) is 0.270. The molecule has 0 unspecified atom stereocenters. The minimum Gasteiger partial charge on any atom is -0.493 e. The molecule has 13 heteroatoms. The van der Waals surface area contributed by atoms with Crippen LogP contribution in [0.1, 0.15) is 22.3 Å². The molecule has 4 heterocycles. The van der Waals surface area contributed by atoms with Crippen LogP contribution < -0.4 is 35.1 Å². The van der Waals surface area contributed by atoms with Crippen molar-refractivity contribution in [2.24, 2.45) is 5.92 Å². The van der Waals surface area contributed by atoms with E-state index in [0.29, 0.717) is 65.0 Å². The molecule has 0 radical (unpaired) electrons. The van der Waals surface area contributed by atoms with Gasteiger partial charge in [0, 0.05) is 65.7 Å². The second-order valence-corrected chi connectivity index (χ2v) is 11.9. The van der Waals surface area contributed by atoms with E-state index in [2.05, 4.69) is 15.6 Å². The number of halogens is 2. The van der Waals surface area contributed by atoms with Gasteiger partial charge in [0.05, 0.1) is 39.1 Å². The van der Waals surface area contributed by atoms with Crippen LogP contribution in [0.5, 0.6) is 28.7 Å². The number of carbonyl (C=O) groups is 1. The molecule has 5 aromatic rings. The molecule has 1 fully saturated rings. The van der Waals surface area contributed by atoms with Gasteiger partial charge >= 0.3 is 0 Å². The minimum atomic E-state index is -0.775. The predicted molar refractivity (Wildman–Crippen MR) is 181 cm³/mol. The van der Waals surface area contributed by atoms with Crippen molar-refractivity contribution < 1.29 is 37.3 Å². The lowest BCUT2D eigenvalue weighted by Crippen LogP contribution is -2.37. The van der Waals surface area contributed by atoms with Crippen LogP contribution in [0.15, 0.2) is 77.9 Å². The summed E-state index contributed by atoms with van der Waals surface area (Å²) in [6.45, 7) is 4.14. The lowest BCUT2D eigenvalue weighted by atomic mass is 10.1. The van der Waals surface area contributed by atoms with Gasteiger partial charge in [-0.05, 0) is 61.5 Å². The number of pyridine rings is 2. The Morgan fingerprint density at radius 2 is 1.86 bits per heavy atom. The van der Waals surface area contributed by atoms with E-state index in [4.69, 9.17) is 23.7 Å². The molecule has 50 heavy (non-hydrogen) atoms. The number of aromatic nitrogens is 2. The number of anilines is 1. The van der Waals surface area contributed by atoms with Crippen molar-refractivity contribution in [3.05, 3.63) is 106 Å². The maximum Gasteiger partial charge on any atom is 0.271 e. The number of hydrogen-bond acceptors (Lipinski definition) is 9. The van der Waals surface area contributed by atoms with E-state index >= 15 is 4.39 Å². The summed E-state index contributed by atoms with van der Waals surface area (Å²) in [5.41, 5.74) is 0.805. The highest BCUT2D eigenvalue weighted by atomic mass is 19.1. The van der Waals surface area contributed by atoms with Crippen LogP contribution in [0.4, 0.5) is 14.5 Å². The number of nitrogens with zero attached hydrogens (tertiary/aromatic N) is 2. The fourth-order valence-electron chi connectivity index (χ4n) is 5.80. The third kappa shape index (κ3) is 6.96. The van der Waals surface area contributed by atoms with Gasteiger partial charge in [-0.3, -0.25) is 19.1 Å². The molecule has 0 saturated carbocycles. The first-order valence-corrected chi connectivity index (χ1v) is 16.2. The highest BCUT2D eigenvalue weighted by Crippen LogP contribution is 2.38. The molecule has 0 aliphatic carbocycles. The van der Waals surface area contributed by atoms with Crippen LogP contribution in [-0.2, 0) is 11.2 Å². The molecule has 2 aliphatic rings. The number of carbonyl (C=O) groups excluding carboxylic acids is 1. The number of hydrogen-bond donors (Lipinski definition) is 2. The molecule has 11 nitrogen and oxygen atoms in total. The first-order valence-electron chi connectivity index (χ1n) is 16.2. The first kappa shape index (κ1) is 33.0. The zero-order valence-corrected chi connectivity index (χ0v) is 27.2. The van der Waals surface area contributed by atoms with E-state index in [0.717, 1.165) is 38.8 Å². The van der Waals surface area contributed by atoms with Crippen molar-refractivity contribution in [1.29, 1.82) is 0 Å². The Kier molecular flexibility index (Phi) is 9.58. The summed E-state index contributed by atoms with van der Waals surface area (Å²) < 4.78 is 58.6. The number of nitrogens with one attached hydrogen (secondary N) is 2. The van der Waals surface area contributed by atoms with Gasteiger partial charge in [-0.25, -0.2) is 8.78 Å². The van der Waals surface area contributed by atoms with E-state index in [1.54, 1.807) is 30.6 Å². The quantitative estimate of drug-likeness (QED) is 0.151. The van der Waals surface area contributed by atoms with Gasteiger partial charge < -0.3 is 34.3 Å². The molecule has 0 bridgehead atoms. The average Bonchev–Trinajstić information content (AvgIpc) is 3.56. The molecule has 2 aliphatic heterocycles. The Morgan fingerprint density at radius 3 is 2.62 bits per heavy atom. The number of rotatable bonds is 13. The molecule has 258 valence electrons. The highest BCUT2D eigenvalue weighted by Gasteiger charge is 2.27. The summed E-state index contributed by atoms with van der Waals surface area (Å²) in [5, 5.41) is 6.58. The third-order valence-electron chi connectivity index (χ3n) is 8.48. The van der Waals surface area contributed by atoms with Crippen LogP contribution in [0.25, 0.3) is 16.6 Å². The van der Waals surface area contributed by atoms with E-state index in [1.807, 2.05) is 0 Å². The lowest BCUT2D eigenvalue weighted by Gasteiger charge is -2.26. The molecule has 1 amide bonds. The first-order chi connectivity index (χ1) is 24.4. The normalized spacial score (nSPS) is 13.7. The number of methoxy groups -OCH3 is 1. The molecule has 1 saturated heterocycles. The third-order valence-corrected chi connectivity index (χ3v) is 8.48. The van der Waals surface area contributed by atoms with Crippen molar-refractivity contribution >= 4 is 22.5 Å². The van der Waals surface area contributed by atoms with Gasteiger partial charge in [0.1, 0.15) is 22.9 Å². The molecule has 2 aromatic heterocycles. The monoisotopic (exact) mass is 684 g/mol. The zero-order valence-electron chi connectivity index (χ0n) is 27.2. The average molecular weight is 685 g/mol. The lowest BCUT2D eigenvalue weighted by molar-refractivity contribution is -0.0306. The summed E-state index contributed by atoms with van der Waals surface area (Å²) in [6.07, 6.45) is 4.42. The van der Waals surface area contributed by atoms with Crippen molar-refractivity contribution in [1.82, 2.24) is 14.9 Å². The number of ether oxygens (including phenoxy) is 5. The van der Waals surface area contributed by atoms with Gasteiger partial charge in [0.25, 0.3) is 11.5 Å². The van der Waals surface area contributed by atoms with Crippen molar-refractivity contribution in [2.75, 3.05) is 51.9 Å². The molecule has 7 rings (SSSR count). The van der Waals surface area contributed by atoms with Crippen LogP contribution in [-0.4, -0.2) is 62.1 Å². The van der Waals surface area contributed by atoms with Gasteiger partial charge in [-0.15, -0.1) is 0 Å². The van der Waals surface area contributed by atoms with Crippen molar-refractivity contribution in [3.8, 4) is 34.4 Å². The molecular weight excluding hydrogens is 650 g/mol. The molecule has 2 N–H and O–H groups in total. The Hall–Kier alpha value is -5.53. The van der Waals surface area contributed by atoms with E-state index in [-0.39, 0.29) is 22.7 Å². The molecule has 0 spiro atoms. The van der Waals surface area contributed by atoms with Gasteiger partial charge in [0.2, 0.25) is 0 Å². The smallest absolute Gasteiger partial charge is 0.271 e. The molecule has 0 atom stereocenters. The van der Waals surface area contributed by atoms with Gasteiger partial charge in [-0.2, -0.15) is 0 Å². The zero-order chi connectivity index (χ0) is 34.6. The Labute approximate surface area is 285 Å². The second kappa shape index (κ2) is 14.5. The maximum absolute atomic E-state index is 15.4. The van der Waals surface area contributed by atoms with E-state index < -0.39 is 23.1 Å². The number of benzene rings is 3.